The van der Waals surface area contributed by atoms with Gasteiger partial charge in [-0.25, -0.2) is 4.39 Å². The first-order valence-corrected chi connectivity index (χ1v) is 8.92. The van der Waals surface area contributed by atoms with Crippen molar-refractivity contribution in [1.82, 2.24) is 10.2 Å². The number of carbonyl (C=O) groups is 3. The molecule has 2 aromatic rings. The van der Waals surface area contributed by atoms with Crippen LogP contribution in [0.4, 0.5) is 10.1 Å². The number of halogens is 1. The van der Waals surface area contributed by atoms with E-state index in [1.54, 1.807) is 18.2 Å². The number of carbonyl (C=O) groups excluding carboxylic acids is 3. The first-order chi connectivity index (χ1) is 13.4. The maximum atomic E-state index is 13.9. The van der Waals surface area contributed by atoms with E-state index in [9.17, 15) is 23.9 Å². The predicted molar refractivity (Wildman–Crippen MR) is 97.9 cm³/mol. The molecule has 144 valence electrons. The Hall–Kier alpha value is -3.42. The van der Waals surface area contributed by atoms with Gasteiger partial charge in [-0.05, 0) is 36.8 Å². The van der Waals surface area contributed by atoms with E-state index in [-0.39, 0.29) is 37.1 Å². The molecule has 7 nitrogen and oxygen atoms in total. The Bertz CT molecular complexity index is 991. The highest BCUT2D eigenvalue weighted by molar-refractivity contribution is 6.06. The number of hydrogen-bond acceptors (Lipinski definition) is 5. The summed E-state index contributed by atoms with van der Waals surface area (Å²) in [7, 11) is 0. The van der Waals surface area contributed by atoms with Gasteiger partial charge in [-0.15, -0.1) is 0 Å². The summed E-state index contributed by atoms with van der Waals surface area (Å²) in [5.74, 6) is -1.54. The molecular formula is C20H18FN3O4. The summed E-state index contributed by atoms with van der Waals surface area (Å²) in [6, 6.07) is 8.29. The van der Waals surface area contributed by atoms with Gasteiger partial charge >= 0.3 is 0 Å². The molecule has 0 unspecified atom stereocenters. The molecule has 0 aromatic heterocycles. The summed E-state index contributed by atoms with van der Waals surface area (Å²) >= 11 is 0. The third kappa shape index (κ3) is 3.17. The number of nitrogens with one attached hydrogen (secondary N) is 2. The van der Waals surface area contributed by atoms with E-state index in [0.717, 1.165) is 5.56 Å². The van der Waals surface area contributed by atoms with E-state index < -0.39 is 17.8 Å². The molecular weight excluding hydrogens is 365 g/mol. The fourth-order valence-electron chi connectivity index (χ4n) is 3.64. The van der Waals surface area contributed by atoms with Crippen LogP contribution in [0.3, 0.4) is 0 Å². The quantitative estimate of drug-likeness (QED) is 0.701. The van der Waals surface area contributed by atoms with Gasteiger partial charge in [0.25, 0.3) is 5.91 Å². The van der Waals surface area contributed by atoms with E-state index in [4.69, 9.17) is 0 Å². The SMILES string of the molecule is O=C1CC[C@H](N2Cc3c(NCc4cc(O)ccc4F)cccc3C2=O)C(=O)N1. The van der Waals surface area contributed by atoms with Crippen molar-refractivity contribution in [3.63, 3.8) is 0 Å². The molecule has 3 N–H and O–H groups in total. The van der Waals surface area contributed by atoms with Crippen LogP contribution in [0.1, 0.15) is 34.3 Å². The molecule has 1 saturated heterocycles. The number of aromatic hydroxyl groups is 1. The molecule has 28 heavy (non-hydrogen) atoms. The van der Waals surface area contributed by atoms with Crippen molar-refractivity contribution in [3.05, 3.63) is 58.9 Å². The zero-order chi connectivity index (χ0) is 19.8. The van der Waals surface area contributed by atoms with Crippen LogP contribution in [0.15, 0.2) is 36.4 Å². The van der Waals surface area contributed by atoms with Gasteiger partial charge in [0.05, 0.1) is 0 Å². The number of benzene rings is 2. The minimum Gasteiger partial charge on any atom is -0.508 e. The zero-order valence-electron chi connectivity index (χ0n) is 14.9. The number of rotatable bonds is 4. The fraction of sp³-hybridized carbons (Fsp3) is 0.250. The number of imide groups is 1. The number of amides is 3. The second kappa shape index (κ2) is 6.95. The molecule has 0 bridgehead atoms. The lowest BCUT2D eigenvalue weighted by Gasteiger charge is -2.29. The molecule has 2 aliphatic rings. The highest BCUT2D eigenvalue weighted by Crippen LogP contribution is 2.32. The highest BCUT2D eigenvalue weighted by atomic mass is 19.1. The molecule has 3 amide bonds. The Kier molecular flexibility index (Phi) is 4.46. The minimum atomic E-state index is -0.686. The molecule has 0 spiro atoms. The lowest BCUT2D eigenvalue weighted by molar-refractivity contribution is -0.136. The van der Waals surface area contributed by atoms with Gasteiger partial charge in [0.2, 0.25) is 11.8 Å². The average Bonchev–Trinajstić information content (AvgIpc) is 3.00. The number of phenols is 1. The number of nitrogens with zero attached hydrogens (tertiary/aromatic N) is 1. The average molecular weight is 383 g/mol. The van der Waals surface area contributed by atoms with Crippen molar-refractivity contribution in [2.24, 2.45) is 0 Å². The van der Waals surface area contributed by atoms with E-state index >= 15 is 0 Å². The Balaban J connectivity index is 1.55. The maximum Gasteiger partial charge on any atom is 0.255 e. The minimum absolute atomic E-state index is 0.0318. The first kappa shape index (κ1) is 18.0. The lowest BCUT2D eigenvalue weighted by atomic mass is 10.0. The van der Waals surface area contributed by atoms with E-state index in [1.165, 1.54) is 23.1 Å². The monoisotopic (exact) mass is 383 g/mol. The zero-order valence-corrected chi connectivity index (χ0v) is 14.9. The third-order valence-corrected chi connectivity index (χ3v) is 5.08. The molecule has 0 saturated carbocycles. The van der Waals surface area contributed by atoms with Gasteiger partial charge in [-0.2, -0.15) is 0 Å². The first-order valence-electron chi connectivity index (χ1n) is 8.92. The number of anilines is 1. The van der Waals surface area contributed by atoms with Gasteiger partial charge in [-0.3, -0.25) is 19.7 Å². The summed E-state index contributed by atoms with van der Waals surface area (Å²) in [6.07, 6.45) is 0.486. The van der Waals surface area contributed by atoms with Crippen LogP contribution in [0.2, 0.25) is 0 Å². The van der Waals surface area contributed by atoms with Crippen LogP contribution >= 0.6 is 0 Å². The van der Waals surface area contributed by atoms with Crippen LogP contribution in [0.5, 0.6) is 5.75 Å². The van der Waals surface area contributed by atoms with Crippen LogP contribution in [0.25, 0.3) is 0 Å². The summed E-state index contributed by atoms with van der Waals surface area (Å²) < 4.78 is 13.9. The second-order valence-corrected chi connectivity index (χ2v) is 6.86. The topological polar surface area (TPSA) is 98.7 Å². The largest absolute Gasteiger partial charge is 0.508 e. The summed E-state index contributed by atoms with van der Waals surface area (Å²) in [6.45, 7) is 0.357. The Morgan fingerprint density at radius 1 is 1.21 bits per heavy atom. The molecule has 2 heterocycles. The predicted octanol–water partition coefficient (Wildman–Crippen LogP) is 1.90. The van der Waals surface area contributed by atoms with Crippen molar-refractivity contribution in [2.45, 2.75) is 32.0 Å². The van der Waals surface area contributed by atoms with E-state index in [1.807, 2.05) is 0 Å². The van der Waals surface area contributed by atoms with Crippen molar-refractivity contribution >= 4 is 23.4 Å². The second-order valence-electron chi connectivity index (χ2n) is 6.86. The molecule has 8 heteroatoms. The molecule has 1 atom stereocenters. The number of hydrogen-bond donors (Lipinski definition) is 3. The van der Waals surface area contributed by atoms with Crippen LogP contribution in [-0.4, -0.2) is 33.8 Å². The van der Waals surface area contributed by atoms with Gasteiger partial charge in [0.1, 0.15) is 17.6 Å². The van der Waals surface area contributed by atoms with E-state index in [0.29, 0.717) is 23.2 Å². The van der Waals surface area contributed by atoms with Crippen molar-refractivity contribution < 1.29 is 23.9 Å². The van der Waals surface area contributed by atoms with Gasteiger partial charge in [-0.1, -0.05) is 6.07 Å². The van der Waals surface area contributed by atoms with Crippen LogP contribution in [-0.2, 0) is 22.7 Å². The van der Waals surface area contributed by atoms with E-state index in [2.05, 4.69) is 10.6 Å². The third-order valence-electron chi connectivity index (χ3n) is 5.08. The van der Waals surface area contributed by atoms with Crippen molar-refractivity contribution in [1.29, 1.82) is 0 Å². The number of piperidine rings is 1. The summed E-state index contributed by atoms with van der Waals surface area (Å²) in [5, 5.41) is 14.9. The number of fused-ring (bicyclic) bond motifs is 1. The Morgan fingerprint density at radius 3 is 2.82 bits per heavy atom. The lowest BCUT2D eigenvalue weighted by Crippen LogP contribution is -2.52. The molecule has 0 aliphatic carbocycles. The van der Waals surface area contributed by atoms with Gasteiger partial charge in [0, 0.05) is 41.9 Å². The molecule has 1 fully saturated rings. The maximum absolute atomic E-state index is 13.9. The van der Waals surface area contributed by atoms with Gasteiger partial charge in [0.15, 0.2) is 0 Å². The van der Waals surface area contributed by atoms with Gasteiger partial charge < -0.3 is 15.3 Å². The normalized spacial score (nSPS) is 18.8. The fourth-order valence-corrected chi connectivity index (χ4v) is 3.64. The van der Waals surface area contributed by atoms with Crippen molar-refractivity contribution in [3.8, 4) is 5.75 Å². The van der Waals surface area contributed by atoms with Crippen LogP contribution in [0, 0.1) is 5.82 Å². The Labute approximate surface area is 160 Å². The molecule has 0 radical (unpaired) electrons. The summed E-state index contributed by atoms with van der Waals surface area (Å²) in [5.41, 5.74) is 2.15. The Morgan fingerprint density at radius 2 is 2.04 bits per heavy atom. The smallest absolute Gasteiger partial charge is 0.255 e. The molecule has 4 rings (SSSR count). The highest BCUT2D eigenvalue weighted by Gasteiger charge is 2.39. The standard InChI is InChI=1S/C20H18FN3O4/c21-15-5-4-12(25)8-11(15)9-22-16-3-1-2-13-14(16)10-24(20(13)28)17-6-7-18(26)23-19(17)27/h1-5,8,17,22,25H,6-7,9-10H2,(H,23,26,27)/t17-/m0/s1. The molecule has 2 aliphatic heterocycles. The molecule has 2 aromatic carbocycles. The van der Waals surface area contributed by atoms with Crippen molar-refractivity contribution in [2.75, 3.05) is 5.32 Å². The van der Waals surface area contributed by atoms with Crippen LogP contribution < -0.4 is 10.6 Å². The summed E-state index contributed by atoms with van der Waals surface area (Å²) in [4.78, 5) is 37.8. The number of phenolic OH excluding ortho intramolecular Hbond substituents is 1.